The monoisotopic (exact) mass is 404 g/mol. The second-order valence-electron chi connectivity index (χ2n) is 8.81. The second-order valence-corrected chi connectivity index (χ2v) is 8.81. The molecule has 0 bridgehead atoms. The summed E-state index contributed by atoms with van der Waals surface area (Å²) in [5, 5.41) is 6.97. The van der Waals surface area contributed by atoms with E-state index in [0.717, 1.165) is 35.3 Å². The molecule has 2 atom stereocenters. The molecule has 2 aromatic heterocycles. The van der Waals surface area contributed by atoms with Crippen molar-refractivity contribution in [2.24, 2.45) is 5.92 Å². The van der Waals surface area contributed by atoms with Crippen LogP contribution in [0.3, 0.4) is 0 Å². The number of aromatic nitrogens is 3. The molecule has 1 aliphatic carbocycles. The number of carbonyl (C=O) groups is 2. The first-order chi connectivity index (χ1) is 14.4. The number of nitrogens with one attached hydrogen (secondary N) is 1. The zero-order valence-corrected chi connectivity index (χ0v) is 17.3. The van der Waals surface area contributed by atoms with E-state index in [2.05, 4.69) is 41.4 Å². The zero-order chi connectivity index (χ0) is 21.0. The minimum Gasteiger partial charge on any atom is -0.487 e. The quantitative estimate of drug-likeness (QED) is 0.661. The number of rotatable bonds is 5. The van der Waals surface area contributed by atoms with Crippen molar-refractivity contribution in [3.8, 4) is 5.75 Å². The van der Waals surface area contributed by atoms with Gasteiger partial charge in [-0.15, -0.1) is 0 Å². The molecule has 2 aliphatic rings. The molecule has 1 fully saturated rings. The van der Waals surface area contributed by atoms with Crippen LogP contribution in [-0.2, 0) is 17.6 Å². The summed E-state index contributed by atoms with van der Waals surface area (Å²) in [6, 6.07) is 5.92. The molecule has 7 nitrogen and oxygen atoms in total. The van der Waals surface area contributed by atoms with Crippen molar-refractivity contribution in [1.82, 2.24) is 19.9 Å². The summed E-state index contributed by atoms with van der Waals surface area (Å²) in [5.74, 6) is 0.958. The highest BCUT2D eigenvalue weighted by Gasteiger charge is 2.45. The molecule has 3 aromatic rings. The predicted octanol–water partition coefficient (Wildman–Crippen LogP) is 2.72. The van der Waals surface area contributed by atoms with Crippen LogP contribution >= 0.6 is 0 Å². The van der Waals surface area contributed by atoms with Crippen LogP contribution in [0.15, 0.2) is 36.8 Å². The number of hydrogen-bond acceptors (Lipinski definition) is 5. The normalized spacial score (nSPS) is 21.2. The van der Waals surface area contributed by atoms with Crippen LogP contribution in [-0.4, -0.2) is 38.9 Å². The minimum absolute atomic E-state index is 0.0276. The number of amides is 1. The van der Waals surface area contributed by atoms with Gasteiger partial charge in [0.1, 0.15) is 11.4 Å². The first kappa shape index (κ1) is 18.8. The molecule has 1 saturated carbocycles. The Hall–Kier alpha value is -3.22. The Bertz CT molecular complexity index is 1180. The number of nitrogens with zero attached hydrogens (tertiary/aromatic N) is 3. The van der Waals surface area contributed by atoms with Crippen molar-refractivity contribution in [1.29, 1.82) is 0 Å². The van der Waals surface area contributed by atoms with Crippen LogP contribution in [0.25, 0.3) is 5.65 Å². The van der Waals surface area contributed by atoms with Crippen molar-refractivity contribution in [2.45, 2.75) is 44.6 Å². The highest BCUT2D eigenvalue weighted by Crippen LogP contribution is 2.51. The molecule has 3 heterocycles. The molecule has 0 radical (unpaired) electrons. The molecular weight excluding hydrogens is 380 g/mol. The first-order valence-electron chi connectivity index (χ1n) is 10.2. The average Bonchev–Trinajstić information content (AvgIpc) is 3.28. The van der Waals surface area contributed by atoms with Gasteiger partial charge in [-0.3, -0.25) is 9.59 Å². The molecule has 1 aromatic carbocycles. The lowest BCUT2D eigenvalue weighted by Crippen LogP contribution is -2.24. The summed E-state index contributed by atoms with van der Waals surface area (Å²) in [6.45, 7) is 4.12. The number of Topliss-reactive ketones (excluding diaryl/α,β-unsaturated/α-hetero) is 1. The van der Waals surface area contributed by atoms with Crippen molar-refractivity contribution in [2.75, 3.05) is 7.05 Å². The van der Waals surface area contributed by atoms with E-state index in [0.29, 0.717) is 11.2 Å². The number of ketones is 1. The third-order valence-electron chi connectivity index (χ3n) is 6.03. The van der Waals surface area contributed by atoms with Crippen LogP contribution in [0.1, 0.15) is 53.2 Å². The molecule has 7 heteroatoms. The van der Waals surface area contributed by atoms with Crippen LogP contribution in [0.5, 0.6) is 5.75 Å². The number of hydrogen-bond donors (Lipinski definition) is 1. The van der Waals surface area contributed by atoms with Gasteiger partial charge in [0.2, 0.25) is 5.91 Å². The van der Waals surface area contributed by atoms with Crippen LogP contribution in [0.4, 0.5) is 0 Å². The van der Waals surface area contributed by atoms with Crippen molar-refractivity contribution in [3.63, 3.8) is 0 Å². The van der Waals surface area contributed by atoms with Crippen LogP contribution < -0.4 is 10.1 Å². The molecule has 154 valence electrons. The molecule has 0 spiro atoms. The van der Waals surface area contributed by atoms with E-state index >= 15 is 0 Å². The van der Waals surface area contributed by atoms with Gasteiger partial charge in [0.15, 0.2) is 11.4 Å². The summed E-state index contributed by atoms with van der Waals surface area (Å²) in [5.41, 5.74) is 3.92. The van der Waals surface area contributed by atoms with E-state index in [9.17, 15) is 9.59 Å². The second kappa shape index (κ2) is 6.65. The fourth-order valence-corrected chi connectivity index (χ4v) is 4.52. The maximum Gasteiger partial charge on any atom is 0.223 e. The molecule has 5 rings (SSSR count). The Morgan fingerprint density at radius 1 is 1.33 bits per heavy atom. The Kier molecular flexibility index (Phi) is 4.17. The van der Waals surface area contributed by atoms with Gasteiger partial charge in [-0.05, 0) is 55.0 Å². The van der Waals surface area contributed by atoms with Crippen molar-refractivity contribution in [3.05, 3.63) is 59.0 Å². The lowest BCUT2D eigenvalue weighted by atomic mass is 9.92. The van der Waals surface area contributed by atoms with E-state index in [1.807, 2.05) is 0 Å². The van der Waals surface area contributed by atoms with Gasteiger partial charge >= 0.3 is 0 Å². The van der Waals surface area contributed by atoms with Crippen molar-refractivity contribution < 1.29 is 14.3 Å². The number of fused-ring (bicyclic) bond motifs is 2. The highest BCUT2D eigenvalue weighted by molar-refractivity contribution is 6.02. The Balaban J connectivity index is 1.51. The standard InChI is InChI=1S/C23H24N4O3/c1-23(2)11-14-7-13(8-19(28)18-12-26-27-6-4-5-25-21(18)27)15(10-20(14)30-23)16-9-17(16)22(29)24-3/h4-7,10,12,16-17H,8-9,11H2,1-3H3,(H,24,29). The molecule has 1 N–H and O–H groups in total. The van der Waals surface area contributed by atoms with Gasteiger partial charge in [-0.25, -0.2) is 9.50 Å². The minimum atomic E-state index is -0.266. The summed E-state index contributed by atoms with van der Waals surface area (Å²) < 4.78 is 7.72. The Morgan fingerprint density at radius 2 is 2.17 bits per heavy atom. The fraction of sp³-hybridized carbons (Fsp3) is 0.391. The largest absolute Gasteiger partial charge is 0.487 e. The smallest absolute Gasteiger partial charge is 0.223 e. The number of ether oxygens (including phenoxy) is 1. The van der Waals surface area contributed by atoms with Gasteiger partial charge in [0.25, 0.3) is 0 Å². The molecule has 2 unspecified atom stereocenters. The van der Waals surface area contributed by atoms with Gasteiger partial charge in [-0.2, -0.15) is 5.10 Å². The number of carbonyl (C=O) groups excluding carboxylic acids is 2. The maximum atomic E-state index is 13.2. The topological polar surface area (TPSA) is 85.6 Å². The van der Waals surface area contributed by atoms with Gasteiger partial charge < -0.3 is 10.1 Å². The summed E-state index contributed by atoms with van der Waals surface area (Å²) in [7, 11) is 1.66. The first-order valence-corrected chi connectivity index (χ1v) is 10.2. The summed E-state index contributed by atoms with van der Waals surface area (Å²) in [4.78, 5) is 29.6. The van der Waals surface area contributed by atoms with E-state index in [-0.39, 0.29) is 35.5 Å². The Labute approximate surface area is 174 Å². The molecule has 1 amide bonds. The summed E-state index contributed by atoms with van der Waals surface area (Å²) >= 11 is 0. The molecule has 1 aliphatic heterocycles. The maximum absolute atomic E-state index is 13.2. The lowest BCUT2D eigenvalue weighted by Gasteiger charge is -2.17. The van der Waals surface area contributed by atoms with E-state index in [1.54, 1.807) is 36.2 Å². The zero-order valence-electron chi connectivity index (χ0n) is 17.3. The molecule has 30 heavy (non-hydrogen) atoms. The third-order valence-corrected chi connectivity index (χ3v) is 6.03. The van der Waals surface area contributed by atoms with E-state index in [1.165, 1.54) is 0 Å². The number of benzene rings is 1. The Morgan fingerprint density at radius 3 is 2.97 bits per heavy atom. The molecule has 0 saturated heterocycles. The van der Waals surface area contributed by atoms with E-state index < -0.39 is 0 Å². The molecular formula is C23H24N4O3. The predicted molar refractivity (Wildman–Crippen MR) is 111 cm³/mol. The van der Waals surface area contributed by atoms with Gasteiger partial charge in [0, 0.05) is 38.2 Å². The highest BCUT2D eigenvalue weighted by atomic mass is 16.5. The van der Waals surface area contributed by atoms with Crippen LogP contribution in [0.2, 0.25) is 0 Å². The van der Waals surface area contributed by atoms with E-state index in [4.69, 9.17) is 4.74 Å². The van der Waals surface area contributed by atoms with Crippen molar-refractivity contribution >= 4 is 17.3 Å². The van der Waals surface area contributed by atoms with Crippen LogP contribution in [0, 0.1) is 5.92 Å². The summed E-state index contributed by atoms with van der Waals surface area (Å²) in [6.07, 6.45) is 6.85. The average molecular weight is 404 g/mol. The lowest BCUT2D eigenvalue weighted by molar-refractivity contribution is -0.121. The van der Waals surface area contributed by atoms with Gasteiger partial charge in [-0.1, -0.05) is 6.07 Å². The fourth-order valence-electron chi connectivity index (χ4n) is 4.52. The van der Waals surface area contributed by atoms with Gasteiger partial charge in [0.05, 0.1) is 11.8 Å². The third kappa shape index (κ3) is 3.14. The SMILES string of the molecule is CNC(=O)C1CC1c1cc2c(cc1CC(=O)c1cnn3cccnc13)CC(C)(C)O2.